The van der Waals surface area contributed by atoms with Crippen molar-refractivity contribution in [1.82, 2.24) is 25.3 Å². The Morgan fingerprint density at radius 1 is 1.20 bits per heavy atom. The Hall–Kier alpha value is -3.46. The summed E-state index contributed by atoms with van der Waals surface area (Å²) < 4.78 is 0. The predicted molar refractivity (Wildman–Crippen MR) is 119 cm³/mol. The zero-order chi connectivity index (χ0) is 20.5. The van der Waals surface area contributed by atoms with Gasteiger partial charge in [0.2, 0.25) is 5.13 Å². The van der Waals surface area contributed by atoms with E-state index in [9.17, 15) is 4.79 Å². The number of likely N-dealkylation sites (tertiary alicyclic amines) is 1. The highest BCUT2D eigenvalue weighted by atomic mass is 32.1. The highest BCUT2D eigenvalue weighted by Crippen LogP contribution is 2.30. The Labute approximate surface area is 177 Å². The van der Waals surface area contributed by atoms with Crippen LogP contribution < -0.4 is 10.6 Å². The van der Waals surface area contributed by atoms with Crippen LogP contribution in [0.3, 0.4) is 0 Å². The van der Waals surface area contributed by atoms with Crippen molar-refractivity contribution in [2.75, 3.05) is 23.7 Å². The molecule has 152 valence electrons. The maximum Gasteiger partial charge on any atom is 0.321 e. The van der Waals surface area contributed by atoms with E-state index >= 15 is 0 Å². The molecule has 0 radical (unpaired) electrons. The van der Waals surface area contributed by atoms with Gasteiger partial charge in [-0.15, -0.1) is 10.2 Å². The lowest BCUT2D eigenvalue weighted by atomic mass is 10.2. The molecule has 8 nitrogen and oxygen atoms in total. The Bertz CT molecular complexity index is 1200. The maximum absolute atomic E-state index is 12.5. The average Bonchev–Trinajstić information content (AvgIpc) is 3.49. The number of H-pyrrole nitrogens is 1. The lowest BCUT2D eigenvalue weighted by molar-refractivity contribution is 0.221. The molecule has 2 aromatic carbocycles. The second-order valence-corrected chi connectivity index (χ2v) is 8.54. The van der Waals surface area contributed by atoms with Gasteiger partial charge in [0.1, 0.15) is 5.01 Å². The number of nitrogens with zero attached hydrogens (tertiary/aromatic N) is 4. The van der Waals surface area contributed by atoms with Gasteiger partial charge in [-0.3, -0.25) is 5.10 Å². The summed E-state index contributed by atoms with van der Waals surface area (Å²) in [5.41, 5.74) is 3.58. The standard InChI is InChI=1S/C21H21N7OS/c1-13-7-8-28(12-13)21(29)24-16-4-2-3-14(9-16)19-26-27-20(30-19)23-17-5-6-18-15(10-17)11-22-25-18/h2-6,9-11,13H,7-8,12H2,1H3,(H,22,25)(H,23,27)(H,24,29). The number of hydrogen-bond acceptors (Lipinski definition) is 6. The molecule has 4 aromatic rings. The van der Waals surface area contributed by atoms with E-state index in [1.807, 2.05) is 47.4 Å². The molecule has 1 aliphatic rings. The second kappa shape index (κ2) is 7.75. The van der Waals surface area contributed by atoms with Crippen LogP contribution in [0.4, 0.5) is 21.3 Å². The molecule has 1 aliphatic heterocycles. The molecule has 2 aromatic heterocycles. The van der Waals surface area contributed by atoms with Crippen molar-refractivity contribution in [2.45, 2.75) is 13.3 Å². The highest BCUT2D eigenvalue weighted by Gasteiger charge is 2.23. The van der Waals surface area contributed by atoms with Crippen molar-refractivity contribution in [3.8, 4) is 10.6 Å². The van der Waals surface area contributed by atoms with Crippen LogP contribution in [0.15, 0.2) is 48.7 Å². The van der Waals surface area contributed by atoms with E-state index in [-0.39, 0.29) is 6.03 Å². The fraction of sp³-hybridized carbons (Fsp3) is 0.238. The minimum Gasteiger partial charge on any atom is -0.330 e. The van der Waals surface area contributed by atoms with E-state index in [0.717, 1.165) is 52.4 Å². The topological polar surface area (TPSA) is 98.8 Å². The van der Waals surface area contributed by atoms with Gasteiger partial charge in [0, 0.05) is 35.4 Å². The molecule has 0 bridgehead atoms. The minimum atomic E-state index is -0.0502. The highest BCUT2D eigenvalue weighted by molar-refractivity contribution is 7.18. The van der Waals surface area contributed by atoms with Gasteiger partial charge in [-0.25, -0.2) is 4.79 Å². The summed E-state index contributed by atoms with van der Waals surface area (Å²) in [6.45, 7) is 3.78. The SMILES string of the molecule is CC1CCN(C(=O)Nc2cccc(-c3nnc(Nc4ccc5[nH]ncc5c4)s3)c2)C1. The van der Waals surface area contributed by atoms with E-state index in [0.29, 0.717) is 11.0 Å². The van der Waals surface area contributed by atoms with E-state index in [2.05, 4.69) is 38.0 Å². The molecular weight excluding hydrogens is 398 g/mol. The van der Waals surface area contributed by atoms with Crippen molar-refractivity contribution >= 4 is 44.8 Å². The molecule has 1 atom stereocenters. The Kier molecular flexibility index (Phi) is 4.80. The van der Waals surface area contributed by atoms with Crippen LogP contribution in [0, 0.1) is 5.92 Å². The average molecular weight is 420 g/mol. The number of amides is 2. The first-order valence-electron chi connectivity index (χ1n) is 9.84. The zero-order valence-electron chi connectivity index (χ0n) is 16.4. The largest absolute Gasteiger partial charge is 0.330 e. The quantitative estimate of drug-likeness (QED) is 0.445. The minimum absolute atomic E-state index is 0.0502. The molecule has 0 aliphatic carbocycles. The van der Waals surface area contributed by atoms with E-state index in [4.69, 9.17) is 0 Å². The first-order valence-corrected chi connectivity index (χ1v) is 10.7. The lowest BCUT2D eigenvalue weighted by Gasteiger charge is -2.17. The van der Waals surface area contributed by atoms with Gasteiger partial charge in [-0.05, 0) is 42.7 Å². The normalized spacial score (nSPS) is 16.2. The van der Waals surface area contributed by atoms with Gasteiger partial charge < -0.3 is 15.5 Å². The molecule has 2 amide bonds. The van der Waals surface area contributed by atoms with Crippen LogP contribution in [0.5, 0.6) is 0 Å². The van der Waals surface area contributed by atoms with E-state index < -0.39 is 0 Å². The molecule has 30 heavy (non-hydrogen) atoms. The van der Waals surface area contributed by atoms with Crippen LogP contribution in [0.2, 0.25) is 0 Å². The van der Waals surface area contributed by atoms with Gasteiger partial charge in [-0.1, -0.05) is 30.4 Å². The third-order valence-corrected chi connectivity index (χ3v) is 6.08. The number of urea groups is 1. The van der Waals surface area contributed by atoms with Crippen molar-refractivity contribution in [1.29, 1.82) is 0 Å². The summed E-state index contributed by atoms with van der Waals surface area (Å²) in [6.07, 6.45) is 2.84. The second-order valence-electron chi connectivity index (χ2n) is 7.56. The Morgan fingerprint density at radius 2 is 2.13 bits per heavy atom. The van der Waals surface area contributed by atoms with Gasteiger partial charge in [0.15, 0.2) is 0 Å². The number of aromatic nitrogens is 4. The summed E-state index contributed by atoms with van der Waals surface area (Å²) in [5.74, 6) is 0.559. The summed E-state index contributed by atoms with van der Waals surface area (Å²) >= 11 is 1.46. The molecule has 9 heteroatoms. The summed E-state index contributed by atoms with van der Waals surface area (Å²) in [7, 11) is 0. The number of rotatable bonds is 4. The molecule has 3 N–H and O–H groups in total. The number of carbonyl (C=O) groups excluding carboxylic acids is 1. The van der Waals surface area contributed by atoms with Gasteiger partial charge in [0.25, 0.3) is 0 Å². The lowest BCUT2D eigenvalue weighted by Crippen LogP contribution is -2.32. The zero-order valence-corrected chi connectivity index (χ0v) is 17.2. The third-order valence-electron chi connectivity index (χ3n) is 5.19. The first-order chi connectivity index (χ1) is 14.6. The Morgan fingerprint density at radius 3 is 3.00 bits per heavy atom. The number of benzene rings is 2. The van der Waals surface area contributed by atoms with Gasteiger partial charge in [-0.2, -0.15) is 5.10 Å². The van der Waals surface area contributed by atoms with Crippen LogP contribution >= 0.6 is 11.3 Å². The number of fused-ring (bicyclic) bond motifs is 1. The number of nitrogens with one attached hydrogen (secondary N) is 3. The number of carbonyl (C=O) groups is 1. The van der Waals surface area contributed by atoms with E-state index in [1.165, 1.54) is 11.3 Å². The third kappa shape index (κ3) is 3.84. The summed E-state index contributed by atoms with van der Waals surface area (Å²) in [6, 6.07) is 13.6. The molecule has 1 fully saturated rings. The Balaban J connectivity index is 1.29. The van der Waals surface area contributed by atoms with Crippen LogP contribution in [-0.4, -0.2) is 44.4 Å². The maximum atomic E-state index is 12.5. The van der Waals surface area contributed by atoms with Crippen LogP contribution in [0.25, 0.3) is 21.5 Å². The fourth-order valence-electron chi connectivity index (χ4n) is 3.59. The van der Waals surface area contributed by atoms with Crippen molar-refractivity contribution < 1.29 is 4.79 Å². The first kappa shape index (κ1) is 18.6. The van der Waals surface area contributed by atoms with Gasteiger partial charge in [0.05, 0.1) is 11.7 Å². The number of hydrogen-bond donors (Lipinski definition) is 3. The molecule has 3 heterocycles. The molecule has 0 saturated carbocycles. The number of aromatic amines is 1. The molecule has 5 rings (SSSR count). The fourth-order valence-corrected chi connectivity index (χ4v) is 4.35. The molecule has 1 saturated heterocycles. The predicted octanol–water partition coefficient (Wildman–Crippen LogP) is 4.70. The summed E-state index contributed by atoms with van der Waals surface area (Å²) in [5, 5.41) is 24.3. The monoisotopic (exact) mass is 419 g/mol. The van der Waals surface area contributed by atoms with Crippen molar-refractivity contribution in [3.63, 3.8) is 0 Å². The van der Waals surface area contributed by atoms with Gasteiger partial charge >= 0.3 is 6.03 Å². The number of anilines is 3. The molecule has 0 spiro atoms. The van der Waals surface area contributed by atoms with Crippen molar-refractivity contribution in [2.24, 2.45) is 5.92 Å². The molecule has 1 unspecified atom stereocenters. The van der Waals surface area contributed by atoms with Crippen LogP contribution in [-0.2, 0) is 0 Å². The summed E-state index contributed by atoms with van der Waals surface area (Å²) in [4.78, 5) is 14.3. The van der Waals surface area contributed by atoms with Crippen molar-refractivity contribution in [3.05, 3.63) is 48.7 Å². The van der Waals surface area contributed by atoms with Crippen LogP contribution in [0.1, 0.15) is 13.3 Å². The molecular formula is C21H21N7OS. The smallest absolute Gasteiger partial charge is 0.321 e. The van der Waals surface area contributed by atoms with E-state index in [1.54, 1.807) is 6.20 Å².